The molecule has 0 aliphatic carbocycles. The second-order valence-corrected chi connectivity index (χ2v) is 5.25. The molecule has 1 unspecified atom stereocenters. The van der Waals surface area contributed by atoms with Crippen molar-refractivity contribution in [2.75, 3.05) is 0 Å². The first kappa shape index (κ1) is 14.2. The van der Waals surface area contributed by atoms with Crippen molar-refractivity contribution in [1.29, 1.82) is 0 Å². The fraction of sp³-hybridized carbons (Fsp3) is 0.333. The van der Waals surface area contributed by atoms with Crippen molar-refractivity contribution in [1.82, 2.24) is 20.1 Å². The number of nitrogens with zero attached hydrogens (tertiary/aromatic N) is 4. The van der Waals surface area contributed by atoms with Gasteiger partial charge in [0.05, 0.1) is 6.42 Å². The molecule has 1 aliphatic heterocycles. The van der Waals surface area contributed by atoms with E-state index in [1.807, 2.05) is 48.9 Å². The summed E-state index contributed by atoms with van der Waals surface area (Å²) in [6.07, 6.45) is 0.763. The summed E-state index contributed by atoms with van der Waals surface area (Å²) in [4.78, 5) is 17.1. The number of nitrogens with one attached hydrogen (secondary N) is 1. The van der Waals surface area contributed by atoms with E-state index < -0.39 is 0 Å². The van der Waals surface area contributed by atoms with Crippen LogP contribution in [-0.4, -0.2) is 32.6 Å². The Bertz CT molecular complexity index is 708. The molecule has 1 N–H and O–H groups in total. The predicted molar refractivity (Wildman–Crippen MR) is 80.9 cm³/mol. The van der Waals surface area contributed by atoms with Crippen molar-refractivity contribution in [3.8, 4) is 11.4 Å². The lowest BCUT2D eigenvalue weighted by Gasteiger charge is -2.05. The summed E-state index contributed by atoms with van der Waals surface area (Å²) in [5.74, 6) is 1.72. The molecule has 22 heavy (non-hydrogen) atoms. The molecule has 1 atom stereocenters. The van der Waals surface area contributed by atoms with Crippen LogP contribution in [0.1, 0.15) is 19.2 Å². The van der Waals surface area contributed by atoms with Crippen LogP contribution in [0.5, 0.6) is 0 Å². The predicted octanol–water partition coefficient (Wildman–Crippen LogP) is 1.26. The number of aromatic nitrogens is 3. The summed E-state index contributed by atoms with van der Waals surface area (Å²) in [5.41, 5.74) is 0.964. The minimum atomic E-state index is -0.174. The lowest BCUT2D eigenvalue weighted by molar-refractivity contribution is -0.119. The molecule has 2 heterocycles. The largest absolute Gasteiger partial charge is 0.391 e. The monoisotopic (exact) mass is 299 g/mol. The van der Waals surface area contributed by atoms with Crippen LogP contribution < -0.4 is 5.32 Å². The molecule has 2 aromatic rings. The van der Waals surface area contributed by atoms with Crippen LogP contribution in [-0.2, 0) is 23.1 Å². The second-order valence-electron chi connectivity index (χ2n) is 5.25. The van der Waals surface area contributed by atoms with Gasteiger partial charge >= 0.3 is 0 Å². The normalized spacial score (nSPS) is 17.0. The van der Waals surface area contributed by atoms with Crippen molar-refractivity contribution < 1.29 is 9.63 Å². The summed E-state index contributed by atoms with van der Waals surface area (Å²) in [7, 11) is 1.85. The number of amidine groups is 1. The Morgan fingerprint density at radius 1 is 1.36 bits per heavy atom. The molecular weight excluding hydrogens is 282 g/mol. The Morgan fingerprint density at radius 3 is 2.82 bits per heavy atom. The molecule has 1 amide bonds. The molecule has 114 valence electrons. The molecule has 0 fully saturated rings. The van der Waals surface area contributed by atoms with E-state index in [-0.39, 0.29) is 18.4 Å². The maximum Gasteiger partial charge on any atom is 0.233 e. The third-order valence-electron chi connectivity index (χ3n) is 3.42. The minimum absolute atomic E-state index is 0.00908. The number of benzene rings is 1. The molecule has 0 saturated heterocycles. The molecule has 3 rings (SSSR count). The molecule has 0 bridgehead atoms. The van der Waals surface area contributed by atoms with E-state index in [9.17, 15) is 4.79 Å². The summed E-state index contributed by atoms with van der Waals surface area (Å²) in [6.45, 7) is 1.90. The quantitative estimate of drug-likeness (QED) is 0.925. The van der Waals surface area contributed by atoms with Gasteiger partial charge in [0, 0.05) is 19.0 Å². The van der Waals surface area contributed by atoms with Gasteiger partial charge in [-0.3, -0.25) is 4.79 Å². The Hall–Kier alpha value is -2.70. The topological polar surface area (TPSA) is 81.4 Å². The van der Waals surface area contributed by atoms with E-state index >= 15 is 0 Å². The van der Waals surface area contributed by atoms with Gasteiger partial charge in [0.2, 0.25) is 5.91 Å². The molecule has 1 aliphatic rings. The third-order valence-corrected chi connectivity index (χ3v) is 3.42. The van der Waals surface area contributed by atoms with E-state index in [2.05, 4.69) is 20.7 Å². The Kier molecular flexibility index (Phi) is 3.86. The molecule has 0 radical (unpaired) electrons. The summed E-state index contributed by atoms with van der Waals surface area (Å²) >= 11 is 0. The molecule has 7 nitrogen and oxygen atoms in total. The first-order valence-corrected chi connectivity index (χ1v) is 7.09. The van der Waals surface area contributed by atoms with Crippen molar-refractivity contribution >= 4 is 11.7 Å². The van der Waals surface area contributed by atoms with Gasteiger partial charge in [-0.15, -0.1) is 10.2 Å². The van der Waals surface area contributed by atoms with Crippen LogP contribution in [0.15, 0.2) is 35.5 Å². The van der Waals surface area contributed by atoms with Gasteiger partial charge in [0.25, 0.3) is 0 Å². The summed E-state index contributed by atoms with van der Waals surface area (Å²) in [5, 5.41) is 14.8. The number of amides is 1. The van der Waals surface area contributed by atoms with Gasteiger partial charge in [0.15, 0.2) is 11.7 Å². The van der Waals surface area contributed by atoms with Crippen molar-refractivity contribution in [3.63, 3.8) is 0 Å². The van der Waals surface area contributed by atoms with E-state index in [0.29, 0.717) is 18.1 Å². The van der Waals surface area contributed by atoms with Gasteiger partial charge in [-0.25, -0.2) is 0 Å². The number of hydrogen-bond donors (Lipinski definition) is 1. The van der Waals surface area contributed by atoms with Crippen LogP contribution in [0.4, 0.5) is 0 Å². The Labute approximate surface area is 128 Å². The third kappa shape index (κ3) is 2.98. The maximum absolute atomic E-state index is 12.0. The molecular formula is C15H17N5O2. The van der Waals surface area contributed by atoms with Crippen molar-refractivity contribution in [2.45, 2.75) is 25.9 Å². The van der Waals surface area contributed by atoms with Crippen molar-refractivity contribution in [3.05, 3.63) is 36.2 Å². The molecule has 1 aromatic carbocycles. The number of oxime groups is 1. The average molecular weight is 299 g/mol. The van der Waals surface area contributed by atoms with Crippen molar-refractivity contribution in [2.24, 2.45) is 12.2 Å². The first-order chi connectivity index (χ1) is 10.6. The number of rotatable bonds is 3. The summed E-state index contributed by atoms with van der Waals surface area (Å²) in [6, 6.07) is 9.74. The number of hydrogen-bond acceptors (Lipinski definition) is 5. The SMILES string of the molecule is CC1CC(NC(=O)Cc2nnc(-c3ccccc3)n2C)=NO1. The van der Waals surface area contributed by atoms with Crippen LogP contribution in [0.25, 0.3) is 11.4 Å². The van der Waals surface area contributed by atoms with Gasteiger partial charge < -0.3 is 14.7 Å². The lowest BCUT2D eigenvalue weighted by atomic mass is 10.2. The minimum Gasteiger partial charge on any atom is -0.391 e. The zero-order valence-electron chi connectivity index (χ0n) is 12.5. The fourth-order valence-electron chi connectivity index (χ4n) is 2.28. The van der Waals surface area contributed by atoms with Gasteiger partial charge in [-0.1, -0.05) is 35.5 Å². The molecule has 0 saturated carbocycles. The Morgan fingerprint density at radius 2 is 2.14 bits per heavy atom. The van der Waals surface area contributed by atoms with Crippen LogP contribution in [0, 0.1) is 0 Å². The standard InChI is InChI=1S/C15H17N5O2/c1-10-8-12(19-22-10)16-14(21)9-13-17-18-15(20(13)2)11-6-4-3-5-7-11/h3-7,10H,8-9H2,1-2H3,(H,16,19,21). The zero-order chi connectivity index (χ0) is 15.5. The van der Waals surface area contributed by atoms with Gasteiger partial charge in [0.1, 0.15) is 11.9 Å². The molecule has 7 heteroatoms. The highest BCUT2D eigenvalue weighted by Crippen LogP contribution is 2.16. The highest BCUT2D eigenvalue weighted by atomic mass is 16.6. The number of carbonyl (C=O) groups is 1. The smallest absolute Gasteiger partial charge is 0.233 e. The summed E-state index contributed by atoms with van der Waals surface area (Å²) < 4.78 is 1.82. The highest BCUT2D eigenvalue weighted by Gasteiger charge is 2.20. The van der Waals surface area contributed by atoms with Crippen LogP contribution >= 0.6 is 0 Å². The highest BCUT2D eigenvalue weighted by molar-refractivity contribution is 5.99. The Balaban J connectivity index is 1.69. The first-order valence-electron chi connectivity index (χ1n) is 7.09. The van der Waals surface area contributed by atoms with Crippen LogP contribution in [0.2, 0.25) is 0 Å². The fourth-order valence-corrected chi connectivity index (χ4v) is 2.28. The van der Waals surface area contributed by atoms with Gasteiger partial charge in [-0.2, -0.15) is 0 Å². The molecule has 0 spiro atoms. The van der Waals surface area contributed by atoms with E-state index in [1.165, 1.54) is 0 Å². The van der Waals surface area contributed by atoms with E-state index in [4.69, 9.17) is 4.84 Å². The number of carbonyl (C=O) groups excluding carboxylic acids is 1. The van der Waals surface area contributed by atoms with E-state index in [0.717, 1.165) is 11.4 Å². The van der Waals surface area contributed by atoms with E-state index in [1.54, 1.807) is 0 Å². The molecule has 1 aromatic heterocycles. The zero-order valence-corrected chi connectivity index (χ0v) is 12.5. The van der Waals surface area contributed by atoms with Crippen LogP contribution in [0.3, 0.4) is 0 Å². The lowest BCUT2D eigenvalue weighted by Crippen LogP contribution is -2.32. The average Bonchev–Trinajstić information content (AvgIpc) is 3.07. The van der Waals surface area contributed by atoms with Gasteiger partial charge in [-0.05, 0) is 6.92 Å². The second kappa shape index (κ2) is 5.97. The maximum atomic E-state index is 12.0.